The summed E-state index contributed by atoms with van der Waals surface area (Å²) in [6.45, 7) is 0. The summed E-state index contributed by atoms with van der Waals surface area (Å²) < 4.78 is 13.8. The molecule has 1 unspecified atom stereocenters. The van der Waals surface area contributed by atoms with Crippen molar-refractivity contribution < 1.29 is 4.39 Å². The van der Waals surface area contributed by atoms with Crippen molar-refractivity contribution in [3.8, 4) is 0 Å². The largest absolute Gasteiger partial charge is 0.207 e. The first-order chi connectivity index (χ1) is 8.74. The molecular weight excluding hydrogens is 247 g/mol. The number of halogens is 2. The van der Waals surface area contributed by atoms with Crippen LogP contribution in [0.4, 0.5) is 4.39 Å². The Balaban J connectivity index is 1.93. The molecule has 2 heteroatoms. The molecule has 0 fully saturated rings. The Morgan fingerprint density at radius 2 is 1.78 bits per heavy atom. The monoisotopic (exact) mass is 258 g/mol. The van der Waals surface area contributed by atoms with Crippen LogP contribution in [-0.2, 0) is 19.3 Å². The Bertz CT molecular complexity index is 660. The van der Waals surface area contributed by atoms with Crippen LogP contribution in [0, 0.1) is 5.82 Å². The lowest BCUT2D eigenvalue weighted by Gasteiger charge is -2.10. The van der Waals surface area contributed by atoms with Crippen molar-refractivity contribution in [3.05, 3.63) is 69.5 Å². The Morgan fingerprint density at radius 3 is 2.61 bits per heavy atom. The van der Waals surface area contributed by atoms with Crippen LogP contribution in [0.2, 0.25) is 0 Å². The first-order valence-corrected chi connectivity index (χ1v) is 6.71. The summed E-state index contributed by atoms with van der Waals surface area (Å²) in [6.07, 6.45) is 2.45. The van der Waals surface area contributed by atoms with Crippen LogP contribution in [0.25, 0.3) is 0 Å². The molecule has 90 valence electrons. The fraction of sp³-hybridized carbons (Fsp3) is 0.250. The van der Waals surface area contributed by atoms with Crippen molar-refractivity contribution in [1.82, 2.24) is 0 Å². The van der Waals surface area contributed by atoms with E-state index >= 15 is 0 Å². The number of hydrogen-bond donors (Lipinski definition) is 0. The van der Waals surface area contributed by atoms with E-state index in [9.17, 15) is 4.39 Å². The minimum atomic E-state index is -0.0491. The summed E-state index contributed by atoms with van der Waals surface area (Å²) in [5.74, 6) is -0.0491. The molecule has 0 saturated heterocycles. The lowest BCUT2D eigenvalue weighted by Crippen LogP contribution is -1.97. The summed E-state index contributed by atoms with van der Waals surface area (Å²) in [5, 5.41) is -0.0134. The molecule has 2 aliphatic rings. The molecule has 4 rings (SSSR count). The normalized spacial score (nSPS) is 19.6. The zero-order valence-electron chi connectivity index (χ0n) is 9.84. The number of hydrogen-bond acceptors (Lipinski definition) is 0. The van der Waals surface area contributed by atoms with Gasteiger partial charge in [-0.1, -0.05) is 24.3 Å². The smallest absolute Gasteiger partial charge is 0.127 e. The van der Waals surface area contributed by atoms with Gasteiger partial charge in [-0.25, -0.2) is 4.39 Å². The predicted molar refractivity (Wildman–Crippen MR) is 70.8 cm³/mol. The molecule has 0 N–H and O–H groups in total. The van der Waals surface area contributed by atoms with E-state index in [0.29, 0.717) is 0 Å². The van der Waals surface area contributed by atoms with E-state index < -0.39 is 0 Å². The van der Waals surface area contributed by atoms with Crippen LogP contribution < -0.4 is 0 Å². The van der Waals surface area contributed by atoms with Crippen LogP contribution in [0.3, 0.4) is 0 Å². The molecule has 0 nitrogen and oxygen atoms in total. The second-order valence-electron chi connectivity index (χ2n) is 5.18. The second kappa shape index (κ2) is 3.58. The van der Waals surface area contributed by atoms with Gasteiger partial charge >= 0.3 is 0 Å². The highest BCUT2D eigenvalue weighted by Crippen LogP contribution is 2.44. The van der Waals surface area contributed by atoms with Crippen LogP contribution in [0.5, 0.6) is 0 Å². The van der Waals surface area contributed by atoms with E-state index in [1.165, 1.54) is 16.7 Å². The molecule has 1 atom stereocenters. The molecule has 0 heterocycles. The fourth-order valence-electron chi connectivity index (χ4n) is 3.10. The van der Waals surface area contributed by atoms with Crippen molar-refractivity contribution in [3.63, 3.8) is 0 Å². The topological polar surface area (TPSA) is 0 Å². The van der Waals surface area contributed by atoms with E-state index in [1.54, 1.807) is 6.07 Å². The van der Waals surface area contributed by atoms with Crippen LogP contribution in [0.1, 0.15) is 38.8 Å². The van der Waals surface area contributed by atoms with Gasteiger partial charge < -0.3 is 0 Å². The first kappa shape index (κ1) is 10.6. The average molecular weight is 259 g/mol. The van der Waals surface area contributed by atoms with Crippen molar-refractivity contribution in [2.45, 2.75) is 24.6 Å². The molecule has 0 radical (unpaired) electrons. The van der Waals surface area contributed by atoms with Crippen molar-refractivity contribution in [1.29, 1.82) is 0 Å². The minimum absolute atomic E-state index is 0.0134. The van der Waals surface area contributed by atoms with Crippen molar-refractivity contribution >= 4 is 11.6 Å². The van der Waals surface area contributed by atoms with E-state index in [4.69, 9.17) is 11.6 Å². The molecule has 0 amide bonds. The van der Waals surface area contributed by atoms with Gasteiger partial charge in [-0.3, -0.25) is 0 Å². The Morgan fingerprint density at radius 1 is 1.00 bits per heavy atom. The Labute approximate surface area is 110 Å². The predicted octanol–water partition coefficient (Wildman–Crippen LogP) is 4.16. The Hall–Kier alpha value is -1.34. The third-order valence-corrected chi connectivity index (χ3v) is 4.44. The highest BCUT2D eigenvalue weighted by atomic mass is 35.5. The van der Waals surface area contributed by atoms with E-state index in [0.717, 1.165) is 36.0 Å². The molecule has 0 spiro atoms. The average Bonchev–Trinajstić information content (AvgIpc) is 3.11. The Kier molecular flexibility index (Phi) is 2.10. The molecule has 0 aromatic heterocycles. The molecule has 2 aliphatic carbocycles. The van der Waals surface area contributed by atoms with Gasteiger partial charge in [-0.15, -0.1) is 11.6 Å². The zero-order chi connectivity index (χ0) is 12.3. The van der Waals surface area contributed by atoms with E-state index in [-0.39, 0.29) is 11.2 Å². The fourth-order valence-corrected chi connectivity index (χ4v) is 3.53. The molecule has 0 bridgehead atoms. The number of rotatable bonds is 0. The standard InChI is InChI=1S/C16H12ClF/c17-14-6-10-4-2-1-3-9(10)5-11-7-15(18)12-8-13(12)16(11)14/h1-4,7,14H,5-6,8H2. The van der Waals surface area contributed by atoms with Crippen LogP contribution >= 0.6 is 11.6 Å². The maximum absolute atomic E-state index is 13.8. The van der Waals surface area contributed by atoms with Gasteiger partial charge in [-0.05, 0) is 52.3 Å². The molecule has 2 aromatic carbocycles. The maximum atomic E-state index is 13.8. The highest BCUT2D eigenvalue weighted by Gasteiger charge is 2.33. The quantitative estimate of drug-likeness (QED) is 0.531. The molecular formula is C16H12ClF. The number of alkyl halides is 1. The second-order valence-corrected chi connectivity index (χ2v) is 5.71. The van der Waals surface area contributed by atoms with Gasteiger partial charge in [0, 0.05) is 6.42 Å². The van der Waals surface area contributed by atoms with Gasteiger partial charge in [0.05, 0.1) is 5.38 Å². The molecule has 0 saturated carbocycles. The lowest BCUT2D eigenvalue weighted by molar-refractivity contribution is 0.623. The molecule has 2 aromatic rings. The van der Waals surface area contributed by atoms with Crippen molar-refractivity contribution in [2.24, 2.45) is 0 Å². The third-order valence-electron chi connectivity index (χ3n) is 4.06. The summed E-state index contributed by atoms with van der Waals surface area (Å²) in [7, 11) is 0. The molecule has 0 aliphatic heterocycles. The first-order valence-electron chi connectivity index (χ1n) is 6.28. The maximum Gasteiger partial charge on any atom is 0.127 e. The SMILES string of the molecule is Fc1cc2c(c3c1C3)C(Cl)Cc1ccccc1C2. The third kappa shape index (κ3) is 1.44. The van der Waals surface area contributed by atoms with Crippen LogP contribution in [0.15, 0.2) is 30.3 Å². The van der Waals surface area contributed by atoms with Gasteiger partial charge in [0.1, 0.15) is 5.82 Å². The summed E-state index contributed by atoms with van der Waals surface area (Å²) in [6, 6.07) is 10.0. The van der Waals surface area contributed by atoms with Gasteiger partial charge in [0.15, 0.2) is 0 Å². The van der Waals surface area contributed by atoms with Gasteiger partial charge in [0.2, 0.25) is 0 Å². The summed E-state index contributed by atoms with van der Waals surface area (Å²) in [5.41, 5.74) is 6.89. The van der Waals surface area contributed by atoms with Gasteiger partial charge in [-0.2, -0.15) is 0 Å². The number of benzene rings is 2. The minimum Gasteiger partial charge on any atom is -0.207 e. The van der Waals surface area contributed by atoms with E-state index in [1.807, 2.05) is 12.1 Å². The van der Waals surface area contributed by atoms with Crippen molar-refractivity contribution in [2.75, 3.05) is 0 Å². The van der Waals surface area contributed by atoms with Crippen LogP contribution in [-0.4, -0.2) is 0 Å². The highest BCUT2D eigenvalue weighted by molar-refractivity contribution is 6.21. The lowest BCUT2D eigenvalue weighted by atomic mass is 10.0. The zero-order valence-corrected chi connectivity index (χ0v) is 10.6. The van der Waals surface area contributed by atoms with E-state index in [2.05, 4.69) is 12.1 Å². The summed E-state index contributed by atoms with van der Waals surface area (Å²) in [4.78, 5) is 0. The van der Waals surface area contributed by atoms with Gasteiger partial charge in [0.25, 0.3) is 0 Å². The summed E-state index contributed by atoms with van der Waals surface area (Å²) >= 11 is 6.55. The number of fused-ring (bicyclic) bond motifs is 4. The molecule has 18 heavy (non-hydrogen) atoms.